The molecule has 1 aliphatic rings. The highest BCUT2D eigenvalue weighted by molar-refractivity contribution is 7.13. The van der Waals surface area contributed by atoms with Gasteiger partial charge in [-0.3, -0.25) is 0 Å². The fourth-order valence-electron chi connectivity index (χ4n) is 2.68. The number of aromatic nitrogens is 1. The Hall–Kier alpha value is -0.650. The van der Waals surface area contributed by atoms with Crippen LogP contribution in [0.4, 0.5) is 5.13 Å². The van der Waals surface area contributed by atoms with Gasteiger partial charge >= 0.3 is 0 Å². The monoisotopic (exact) mass is 296 g/mol. The molecule has 4 nitrogen and oxygen atoms in total. The first kappa shape index (κ1) is 15.7. The average Bonchev–Trinajstić information content (AvgIpc) is 2.98. The molecule has 1 aromatic rings. The molecule has 20 heavy (non-hydrogen) atoms. The van der Waals surface area contributed by atoms with Crippen LogP contribution in [0.1, 0.15) is 26.0 Å². The summed E-state index contributed by atoms with van der Waals surface area (Å²) in [6.45, 7) is 9.97. The number of nitrogens with one attached hydrogen (secondary N) is 1. The van der Waals surface area contributed by atoms with Gasteiger partial charge in [0.25, 0.3) is 0 Å². The lowest BCUT2D eigenvalue weighted by Gasteiger charge is -2.20. The van der Waals surface area contributed by atoms with Crippen LogP contribution < -0.4 is 10.2 Å². The Kier molecular flexibility index (Phi) is 5.81. The molecule has 2 rings (SSSR count). The third kappa shape index (κ3) is 4.72. The Morgan fingerprint density at radius 1 is 1.55 bits per heavy atom. The third-order valence-electron chi connectivity index (χ3n) is 3.75. The molecule has 0 bridgehead atoms. The van der Waals surface area contributed by atoms with Crippen LogP contribution in [-0.2, 0) is 6.54 Å². The van der Waals surface area contributed by atoms with Gasteiger partial charge in [0.05, 0.1) is 5.69 Å². The molecular weight excluding hydrogens is 268 g/mol. The molecule has 5 heteroatoms. The Bertz CT molecular complexity index is 404. The number of thiazole rings is 1. The summed E-state index contributed by atoms with van der Waals surface area (Å²) in [5.74, 6) is 1.48. The van der Waals surface area contributed by atoms with Crippen molar-refractivity contribution in [2.24, 2.45) is 11.8 Å². The predicted molar refractivity (Wildman–Crippen MR) is 87.5 cm³/mol. The molecule has 1 aromatic heterocycles. The molecule has 2 heterocycles. The smallest absolute Gasteiger partial charge is 0.185 e. The first-order valence-electron chi connectivity index (χ1n) is 7.59. The van der Waals surface area contributed by atoms with E-state index in [0.29, 0.717) is 5.92 Å². The number of likely N-dealkylation sites (tertiary alicyclic amines) is 1. The van der Waals surface area contributed by atoms with Crippen LogP contribution in [0.15, 0.2) is 5.38 Å². The van der Waals surface area contributed by atoms with Gasteiger partial charge in [0.1, 0.15) is 0 Å². The lowest BCUT2D eigenvalue weighted by Crippen LogP contribution is -2.27. The Morgan fingerprint density at radius 2 is 2.35 bits per heavy atom. The summed E-state index contributed by atoms with van der Waals surface area (Å²) in [5, 5.41) is 6.79. The van der Waals surface area contributed by atoms with E-state index in [-0.39, 0.29) is 0 Å². The maximum absolute atomic E-state index is 4.74. The third-order valence-corrected chi connectivity index (χ3v) is 4.75. The fourth-order valence-corrected chi connectivity index (χ4v) is 3.48. The van der Waals surface area contributed by atoms with Gasteiger partial charge in [0.15, 0.2) is 5.13 Å². The van der Waals surface area contributed by atoms with E-state index in [4.69, 9.17) is 4.98 Å². The molecule has 1 saturated heterocycles. The van der Waals surface area contributed by atoms with Crippen molar-refractivity contribution in [1.29, 1.82) is 0 Å². The van der Waals surface area contributed by atoms with Crippen molar-refractivity contribution < 1.29 is 0 Å². The SMILES string of the molecule is CC(C)CNCc1csc(N(C)CC2CCN(C)C2)n1. The van der Waals surface area contributed by atoms with E-state index in [9.17, 15) is 0 Å². The summed E-state index contributed by atoms with van der Waals surface area (Å²) in [4.78, 5) is 9.47. The maximum Gasteiger partial charge on any atom is 0.185 e. The van der Waals surface area contributed by atoms with E-state index < -0.39 is 0 Å². The molecule has 0 amide bonds. The normalized spacial score (nSPS) is 19.9. The summed E-state index contributed by atoms with van der Waals surface area (Å²) in [6.07, 6.45) is 1.31. The fraction of sp³-hybridized carbons (Fsp3) is 0.800. The number of rotatable bonds is 7. The van der Waals surface area contributed by atoms with Gasteiger partial charge in [-0.25, -0.2) is 4.98 Å². The average molecular weight is 296 g/mol. The van der Waals surface area contributed by atoms with Gasteiger partial charge in [0, 0.05) is 32.1 Å². The Labute approximate surface area is 127 Å². The highest BCUT2D eigenvalue weighted by atomic mass is 32.1. The van der Waals surface area contributed by atoms with Gasteiger partial charge < -0.3 is 15.1 Å². The highest BCUT2D eigenvalue weighted by Crippen LogP contribution is 2.23. The van der Waals surface area contributed by atoms with Crippen LogP contribution in [0.25, 0.3) is 0 Å². The van der Waals surface area contributed by atoms with Crippen LogP contribution in [0.5, 0.6) is 0 Å². The molecule has 0 aliphatic carbocycles. The van der Waals surface area contributed by atoms with E-state index in [0.717, 1.165) is 30.7 Å². The summed E-state index contributed by atoms with van der Waals surface area (Å²) >= 11 is 1.76. The number of hydrogen-bond acceptors (Lipinski definition) is 5. The van der Waals surface area contributed by atoms with Gasteiger partial charge in [-0.2, -0.15) is 0 Å². The number of hydrogen-bond donors (Lipinski definition) is 1. The Morgan fingerprint density at radius 3 is 3.00 bits per heavy atom. The van der Waals surface area contributed by atoms with Crippen molar-refractivity contribution in [1.82, 2.24) is 15.2 Å². The molecule has 0 aromatic carbocycles. The van der Waals surface area contributed by atoms with Gasteiger partial charge in [-0.15, -0.1) is 11.3 Å². The first-order chi connectivity index (χ1) is 9.54. The molecule has 1 N–H and O–H groups in total. The number of anilines is 1. The standard InChI is InChI=1S/C15H28N4S/c1-12(2)7-16-8-14-11-20-15(17-14)19(4)10-13-5-6-18(3)9-13/h11-13,16H,5-10H2,1-4H3. The topological polar surface area (TPSA) is 31.4 Å². The predicted octanol–water partition coefficient (Wildman–Crippen LogP) is 2.28. The van der Waals surface area contributed by atoms with Crippen LogP contribution in [0.3, 0.4) is 0 Å². The first-order valence-corrected chi connectivity index (χ1v) is 8.47. The molecule has 114 valence electrons. The molecule has 0 saturated carbocycles. The summed E-state index contributed by atoms with van der Waals surface area (Å²) in [5.41, 5.74) is 1.17. The van der Waals surface area contributed by atoms with Gasteiger partial charge in [0.2, 0.25) is 0 Å². The highest BCUT2D eigenvalue weighted by Gasteiger charge is 2.21. The minimum atomic E-state index is 0.690. The van der Waals surface area contributed by atoms with E-state index in [1.165, 1.54) is 25.2 Å². The van der Waals surface area contributed by atoms with Crippen molar-refractivity contribution in [2.75, 3.05) is 45.2 Å². The Balaban J connectivity index is 1.78. The van der Waals surface area contributed by atoms with E-state index >= 15 is 0 Å². The molecule has 0 radical (unpaired) electrons. The van der Waals surface area contributed by atoms with E-state index in [1.54, 1.807) is 11.3 Å². The van der Waals surface area contributed by atoms with Crippen LogP contribution in [0, 0.1) is 11.8 Å². The molecule has 1 aliphatic heterocycles. The molecule has 1 fully saturated rings. The van der Waals surface area contributed by atoms with Crippen LogP contribution in [0.2, 0.25) is 0 Å². The molecule has 0 spiro atoms. The second-order valence-corrected chi connectivity index (χ2v) is 7.28. The quantitative estimate of drug-likeness (QED) is 0.836. The van der Waals surface area contributed by atoms with Crippen LogP contribution in [-0.4, -0.2) is 50.2 Å². The largest absolute Gasteiger partial charge is 0.351 e. The zero-order chi connectivity index (χ0) is 14.5. The van der Waals surface area contributed by atoms with E-state index in [1.807, 2.05) is 0 Å². The zero-order valence-corrected chi connectivity index (χ0v) is 14.0. The molecular formula is C15H28N4S. The maximum atomic E-state index is 4.74. The van der Waals surface area contributed by atoms with Crippen molar-refractivity contribution >= 4 is 16.5 Å². The van der Waals surface area contributed by atoms with E-state index in [2.05, 4.69) is 48.4 Å². The summed E-state index contributed by atoms with van der Waals surface area (Å²) < 4.78 is 0. The van der Waals surface area contributed by atoms with Crippen LogP contribution >= 0.6 is 11.3 Å². The van der Waals surface area contributed by atoms with Crippen molar-refractivity contribution in [3.05, 3.63) is 11.1 Å². The number of nitrogens with zero attached hydrogens (tertiary/aromatic N) is 3. The minimum absolute atomic E-state index is 0.690. The second-order valence-electron chi connectivity index (χ2n) is 6.44. The second kappa shape index (κ2) is 7.38. The summed E-state index contributed by atoms with van der Waals surface area (Å²) in [6, 6.07) is 0. The van der Waals surface area contributed by atoms with Crippen molar-refractivity contribution in [3.8, 4) is 0 Å². The lowest BCUT2D eigenvalue weighted by atomic mass is 10.1. The van der Waals surface area contributed by atoms with Crippen molar-refractivity contribution in [3.63, 3.8) is 0 Å². The van der Waals surface area contributed by atoms with Gasteiger partial charge in [-0.05, 0) is 38.4 Å². The lowest BCUT2D eigenvalue weighted by molar-refractivity contribution is 0.396. The summed E-state index contributed by atoms with van der Waals surface area (Å²) in [7, 11) is 4.38. The minimum Gasteiger partial charge on any atom is -0.351 e. The zero-order valence-electron chi connectivity index (χ0n) is 13.2. The molecule has 1 atom stereocenters. The van der Waals surface area contributed by atoms with Crippen molar-refractivity contribution in [2.45, 2.75) is 26.8 Å². The molecule has 1 unspecified atom stereocenters. The van der Waals surface area contributed by atoms with Gasteiger partial charge in [-0.1, -0.05) is 13.8 Å².